The number of hydrogen-bond acceptors (Lipinski definition) is 8. The summed E-state index contributed by atoms with van der Waals surface area (Å²) in [7, 11) is 0. The van der Waals surface area contributed by atoms with Gasteiger partial charge in [-0.05, 0) is 24.3 Å². The highest BCUT2D eigenvalue weighted by atomic mass is 32.2. The van der Waals surface area contributed by atoms with Crippen LogP contribution in [0.15, 0.2) is 52.2 Å². The van der Waals surface area contributed by atoms with Gasteiger partial charge in [-0.25, -0.2) is 4.68 Å². The summed E-state index contributed by atoms with van der Waals surface area (Å²) >= 11 is 1.19. The van der Waals surface area contributed by atoms with Crippen LogP contribution in [0.2, 0.25) is 0 Å². The number of nitrogen functional groups attached to an aromatic ring is 1. The Morgan fingerprint density at radius 3 is 2.93 bits per heavy atom. The molecule has 0 radical (unpaired) electrons. The fraction of sp³-hybridized carbons (Fsp3) is 0.235. The highest BCUT2D eigenvalue weighted by molar-refractivity contribution is 7.99. The lowest BCUT2D eigenvalue weighted by molar-refractivity contribution is -0.119. The van der Waals surface area contributed by atoms with E-state index < -0.39 is 0 Å². The predicted molar refractivity (Wildman–Crippen MR) is 98.0 cm³/mol. The molecule has 1 amide bonds. The van der Waals surface area contributed by atoms with Crippen molar-refractivity contribution in [1.29, 1.82) is 0 Å². The van der Waals surface area contributed by atoms with Crippen molar-refractivity contribution in [3.63, 3.8) is 0 Å². The number of ether oxygens (including phenoxy) is 2. The Labute approximate surface area is 158 Å². The Balaban J connectivity index is 1.26. The van der Waals surface area contributed by atoms with E-state index in [4.69, 9.17) is 19.7 Å². The van der Waals surface area contributed by atoms with Gasteiger partial charge < -0.3 is 25.1 Å². The second-order valence-corrected chi connectivity index (χ2v) is 6.69. The molecule has 1 atom stereocenters. The first-order valence-corrected chi connectivity index (χ1v) is 9.21. The average Bonchev–Trinajstić information content (AvgIpc) is 3.34. The molecule has 3 N–H and O–H groups in total. The summed E-state index contributed by atoms with van der Waals surface area (Å²) in [6, 6.07) is 10.9. The summed E-state index contributed by atoms with van der Waals surface area (Å²) < 4.78 is 18.0. The Kier molecular flexibility index (Phi) is 4.88. The smallest absolute Gasteiger partial charge is 0.230 e. The number of nitrogens with zero attached hydrogens (tertiary/aromatic N) is 3. The molecular weight excluding hydrogens is 370 g/mol. The van der Waals surface area contributed by atoms with E-state index in [9.17, 15) is 4.79 Å². The first-order chi connectivity index (χ1) is 13.2. The maximum atomic E-state index is 12.1. The Morgan fingerprint density at radius 2 is 2.11 bits per heavy atom. The molecule has 0 unspecified atom stereocenters. The van der Waals surface area contributed by atoms with Gasteiger partial charge in [-0.1, -0.05) is 23.9 Å². The lowest BCUT2D eigenvalue weighted by Crippen LogP contribution is -2.41. The largest absolute Gasteiger partial charge is 0.486 e. The molecule has 9 nitrogen and oxygen atoms in total. The third-order valence-electron chi connectivity index (χ3n) is 3.83. The standard InChI is InChI=1S/C17H17N5O4S/c18-22-16(14-6-3-7-24-14)20-21-17(22)27-10-15(23)19-8-11-9-25-12-4-1-2-5-13(12)26-11/h1-7,11H,8-10,18H2,(H,19,23)/t11-/m0/s1. The van der Waals surface area contributed by atoms with E-state index in [-0.39, 0.29) is 17.8 Å². The van der Waals surface area contributed by atoms with E-state index in [1.807, 2.05) is 24.3 Å². The summed E-state index contributed by atoms with van der Waals surface area (Å²) in [5.41, 5.74) is 0. The number of aromatic nitrogens is 3. The summed E-state index contributed by atoms with van der Waals surface area (Å²) in [4.78, 5) is 12.1. The van der Waals surface area contributed by atoms with Gasteiger partial charge in [-0.15, -0.1) is 10.2 Å². The molecular formula is C17H17N5O4S. The summed E-state index contributed by atoms with van der Waals surface area (Å²) in [5, 5.41) is 11.2. The van der Waals surface area contributed by atoms with Gasteiger partial charge in [0.2, 0.25) is 16.9 Å². The number of furan rings is 1. The number of amides is 1. The summed E-state index contributed by atoms with van der Waals surface area (Å²) in [5.74, 6) is 8.25. The van der Waals surface area contributed by atoms with Crippen molar-refractivity contribution in [2.45, 2.75) is 11.3 Å². The summed E-state index contributed by atoms with van der Waals surface area (Å²) in [6.07, 6.45) is 1.29. The van der Waals surface area contributed by atoms with Gasteiger partial charge >= 0.3 is 0 Å². The van der Waals surface area contributed by atoms with Crippen LogP contribution < -0.4 is 20.6 Å². The van der Waals surface area contributed by atoms with Crippen LogP contribution in [-0.4, -0.2) is 45.8 Å². The number of nitrogens with two attached hydrogens (primary N) is 1. The highest BCUT2D eigenvalue weighted by Crippen LogP contribution is 2.30. The zero-order valence-electron chi connectivity index (χ0n) is 14.2. The van der Waals surface area contributed by atoms with Crippen molar-refractivity contribution >= 4 is 17.7 Å². The molecule has 1 aliphatic rings. The van der Waals surface area contributed by atoms with Crippen LogP contribution in [0.3, 0.4) is 0 Å². The van der Waals surface area contributed by atoms with Gasteiger partial charge in [0.15, 0.2) is 17.3 Å². The molecule has 2 aromatic heterocycles. The van der Waals surface area contributed by atoms with Gasteiger partial charge in [0, 0.05) is 0 Å². The molecule has 1 aliphatic heterocycles. The number of nitrogens with one attached hydrogen (secondary N) is 1. The molecule has 10 heteroatoms. The molecule has 1 aromatic carbocycles. The maximum Gasteiger partial charge on any atom is 0.230 e. The van der Waals surface area contributed by atoms with Gasteiger partial charge in [-0.2, -0.15) is 0 Å². The van der Waals surface area contributed by atoms with Crippen LogP contribution in [-0.2, 0) is 4.79 Å². The minimum atomic E-state index is -0.238. The lowest BCUT2D eigenvalue weighted by atomic mass is 10.2. The molecule has 0 fully saturated rings. The Morgan fingerprint density at radius 1 is 1.26 bits per heavy atom. The van der Waals surface area contributed by atoms with E-state index in [2.05, 4.69) is 15.5 Å². The first kappa shape index (κ1) is 17.3. The van der Waals surface area contributed by atoms with Crippen molar-refractivity contribution in [3.05, 3.63) is 42.7 Å². The minimum Gasteiger partial charge on any atom is -0.486 e. The fourth-order valence-electron chi connectivity index (χ4n) is 2.52. The third-order valence-corrected chi connectivity index (χ3v) is 4.78. The van der Waals surface area contributed by atoms with E-state index in [1.165, 1.54) is 22.7 Å². The van der Waals surface area contributed by atoms with Crippen molar-refractivity contribution in [2.75, 3.05) is 24.7 Å². The van der Waals surface area contributed by atoms with Crippen LogP contribution in [0.1, 0.15) is 0 Å². The van der Waals surface area contributed by atoms with Crippen molar-refractivity contribution in [3.8, 4) is 23.1 Å². The number of fused-ring (bicyclic) bond motifs is 1. The first-order valence-electron chi connectivity index (χ1n) is 8.23. The van der Waals surface area contributed by atoms with Crippen LogP contribution in [0.4, 0.5) is 0 Å². The maximum absolute atomic E-state index is 12.1. The minimum absolute atomic E-state index is 0.150. The van der Waals surface area contributed by atoms with Gasteiger partial charge in [0.05, 0.1) is 18.6 Å². The van der Waals surface area contributed by atoms with Crippen molar-refractivity contribution in [1.82, 2.24) is 20.2 Å². The second kappa shape index (κ2) is 7.62. The van der Waals surface area contributed by atoms with E-state index >= 15 is 0 Å². The Hall–Kier alpha value is -3.14. The van der Waals surface area contributed by atoms with E-state index in [1.54, 1.807) is 12.1 Å². The van der Waals surface area contributed by atoms with Crippen molar-refractivity contribution in [2.24, 2.45) is 0 Å². The zero-order chi connectivity index (χ0) is 18.6. The van der Waals surface area contributed by atoms with Gasteiger partial charge in [-0.3, -0.25) is 4.79 Å². The average molecular weight is 387 g/mol. The molecule has 140 valence electrons. The number of carbonyl (C=O) groups excluding carboxylic acids is 1. The highest BCUT2D eigenvalue weighted by Gasteiger charge is 2.21. The molecule has 3 heterocycles. The number of benzene rings is 1. The predicted octanol–water partition coefficient (Wildman–Crippen LogP) is 1.30. The molecule has 0 bridgehead atoms. The van der Waals surface area contributed by atoms with Crippen LogP contribution in [0.25, 0.3) is 11.6 Å². The number of rotatable bonds is 6. The summed E-state index contributed by atoms with van der Waals surface area (Å²) in [6.45, 7) is 0.731. The number of carbonyl (C=O) groups is 1. The topological polar surface area (TPSA) is 117 Å². The number of para-hydroxylation sites is 2. The van der Waals surface area contributed by atoms with Crippen molar-refractivity contribution < 1.29 is 18.7 Å². The normalized spacial score (nSPS) is 15.5. The molecule has 4 rings (SSSR count). The molecule has 0 spiro atoms. The number of hydrogen-bond donors (Lipinski definition) is 2. The molecule has 27 heavy (non-hydrogen) atoms. The van der Waals surface area contributed by atoms with Crippen LogP contribution >= 0.6 is 11.8 Å². The van der Waals surface area contributed by atoms with E-state index in [0.29, 0.717) is 41.4 Å². The van der Waals surface area contributed by atoms with Crippen LogP contribution in [0, 0.1) is 0 Å². The molecule has 0 aliphatic carbocycles. The number of thioether (sulfide) groups is 1. The molecule has 0 saturated heterocycles. The van der Waals surface area contributed by atoms with Gasteiger partial charge in [0.25, 0.3) is 0 Å². The monoisotopic (exact) mass is 387 g/mol. The SMILES string of the molecule is Nn1c(SCC(=O)NC[C@H]2COc3ccccc3O2)nnc1-c1ccco1. The molecule has 3 aromatic rings. The van der Waals surface area contributed by atoms with E-state index in [0.717, 1.165) is 0 Å². The van der Waals surface area contributed by atoms with Gasteiger partial charge in [0.1, 0.15) is 12.7 Å². The lowest BCUT2D eigenvalue weighted by Gasteiger charge is -2.26. The molecule has 0 saturated carbocycles. The second-order valence-electron chi connectivity index (χ2n) is 5.74. The third kappa shape index (κ3) is 3.85. The fourth-order valence-corrected chi connectivity index (χ4v) is 3.21. The van der Waals surface area contributed by atoms with Crippen LogP contribution in [0.5, 0.6) is 11.5 Å². The quantitative estimate of drug-likeness (QED) is 0.480. The Bertz CT molecular complexity index is 927. The zero-order valence-corrected chi connectivity index (χ0v) is 15.0.